The lowest BCUT2D eigenvalue weighted by molar-refractivity contribution is -0.132. The number of carbonyl (C=O) groups excluding carboxylic acids is 1. The van der Waals surface area contributed by atoms with Crippen molar-refractivity contribution in [2.45, 2.75) is 79.7 Å². The molecule has 252 valence electrons. The summed E-state index contributed by atoms with van der Waals surface area (Å²) in [4.78, 5) is 29.6. The lowest BCUT2D eigenvalue weighted by Gasteiger charge is -2.40. The summed E-state index contributed by atoms with van der Waals surface area (Å²) < 4.78 is 5.73. The zero-order valence-corrected chi connectivity index (χ0v) is 29.2. The molecule has 2 fully saturated rings. The first-order valence-corrected chi connectivity index (χ1v) is 17.3. The minimum atomic E-state index is 0.213. The molecule has 1 amide bonds. The number of aromatic nitrogens is 1. The number of piperidine rings is 1. The van der Waals surface area contributed by atoms with E-state index < -0.39 is 0 Å². The van der Waals surface area contributed by atoms with Crippen molar-refractivity contribution in [1.29, 1.82) is 0 Å². The van der Waals surface area contributed by atoms with E-state index in [1.54, 1.807) is 6.08 Å². The molecular formula is C37H57N7O2. The summed E-state index contributed by atoms with van der Waals surface area (Å²) in [5, 5.41) is 6.85. The van der Waals surface area contributed by atoms with Crippen molar-refractivity contribution in [3.8, 4) is 5.88 Å². The first-order chi connectivity index (χ1) is 22.3. The van der Waals surface area contributed by atoms with E-state index >= 15 is 0 Å². The minimum absolute atomic E-state index is 0.213. The molecule has 2 N–H and O–H groups in total. The van der Waals surface area contributed by atoms with Crippen LogP contribution in [0.1, 0.15) is 72.3 Å². The van der Waals surface area contributed by atoms with Gasteiger partial charge >= 0.3 is 0 Å². The lowest BCUT2D eigenvalue weighted by Crippen LogP contribution is -2.52. The summed E-state index contributed by atoms with van der Waals surface area (Å²) in [7, 11) is 0. The van der Waals surface area contributed by atoms with Crippen LogP contribution in [0.15, 0.2) is 58.9 Å². The number of amides is 1. The largest absolute Gasteiger partial charge is 0.474 e. The van der Waals surface area contributed by atoms with Gasteiger partial charge in [-0.3, -0.25) is 14.7 Å². The lowest BCUT2D eigenvalue weighted by atomic mass is 9.96. The molecule has 2 saturated heterocycles. The molecule has 1 aromatic heterocycles. The monoisotopic (exact) mass is 631 g/mol. The van der Waals surface area contributed by atoms with Gasteiger partial charge in [-0.1, -0.05) is 51.5 Å². The Balaban J connectivity index is 1.29. The van der Waals surface area contributed by atoms with Gasteiger partial charge in [0, 0.05) is 63.0 Å². The second kappa shape index (κ2) is 17.4. The van der Waals surface area contributed by atoms with Crippen molar-refractivity contribution in [2.75, 3.05) is 69.3 Å². The van der Waals surface area contributed by atoms with Crippen LogP contribution in [0.5, 0.6) is 5.88 Å². The van der Waals surface area contributed by atoms with Gasteiger partial charge in [-0.05, 0) is 63.7 Å². The maximum atomic E-state index is 13.1. The van der Waals surface area contributed by atoms with Crippen LogP contribution < -0.4 is 20.3 Å². The second-order valence-electron chi connectivity index (χ2n) is 12.9. The highest BCUT2D eigenvalue weighted by Gasteiger charge is 2.27. The number of carbonyl (C=O) groups is 1. The van der Waals surface area contributed by atoms with Gasteiger partial charge in [0.25, 0.3) is 0 Å². The molecule has 0 radical (unpaired) electrons. The van der Waals surface area contributed by atoms with Gasteiger partial charge in [-0.25, -0.2) is 4.98 Å². The number of pyridine rings is 1. The Kier molecular flexibility index (Phi) is 13.3. The number of ether oxygens (including phenoxy) is 1. The number of anilines is 2. The summed E-state index contributed by atoms with van der Waals surface area (Å²) in [5.74, 6) is 1.65. The molecule has 9 heteroatoms. The van der Waals surface area contributed by atoms with Crippen molar-refractivity contribution in [3.63, 3.8) is 0 Å². The average molecular weight is 632 g/mol. The van der Waals surface area contributed by atoms with E-state index in [4.69, 9.17) is 9.73 Å². The third-order valence-corrected chi connectivity index (χ3v) is 9.75. The molecule has 0 aromatic carbocycles. The highest BCUT2D eigenvalue weighted by Crippen LogP contribution is 2.35. The van der Waals surface area contributed by atoms with Gasteiger partial charge in [-0.2, -0.15) is 0 Å². The van der Waals surface area contributed by atoms with Crippen LogP contribution in [-0.4, -0.2) is 91.5 Å². The Morgan fingerprint density at radius 1 is 1.20 bits per heavy atom. The van der Waals surface area contributed by atoms with E-state index in [2.05, 4.69) is 72.7 Å². The van der Waals surface area contributed by atoms with Crippen LogP contribution in [0.2, 0.25) is 0 Å². The molecule has 9 nitrogen and oxygen atoms in total. The van der Waals surface area contributed by atoms with Crippen LogP contribution >= 0.6 is 0 Å². The van der Waals surface area contributed by atoms with Crippen molar-refractivity contribution < 1.29 is 9.53 Å². The van der Waals surface area contributed by atoms with E-state index in [1.165, 1.54) is 24.8 Å². The molecule has 4 heterocycles. The van der Waals surface area contributed by atoms with Crippen molar-refractivity contribution in [2.24, 2.45) is 10.9 Å². The van der Waals surface area contributed by atoms with Gasteiger partial charge in [-0.15, -0.1) is 0 Å². The number of rotatable bonds is 13. The number of nitrogens with one attached hydrogen (secondary N) is 2. The highest BCUT2D eigenvalue weighted by atomic mass is 16.5. The fourth-order valence-corrected chi connectivity index (χ4v) is 6.57. The average Bonchev–Trinajstić information content (AvgIpc) is 3.08. The molecule has 0 aliphatic carbocycles. The first kappa shape index (κ1) is 35.3. The Hall–Kier alpha value is -3.59. The maximum Gasteiger partial charge on any atom is 0.237 e. The quantitative estimate of drug-likeness (QED) is 0.255. The predicted octanol–water partition coefficient (Wildman–Crippen LogP) is 6.10. The predicted molar refractivity (Wildman–Crippen MR) is 192 cm³/mol. The van der Waals surface area contributed by atoms with Crippen LogP contribution in [0.25, 0.3) is 0 Å². The van der Waals surface area contributed by atoms with Crippen molar-refractivity contribution in [3.05, 3.63) is 59.5 Å². The molecule has 1 aromatic rings. The first-order valence-electron chi connectivity index (χ1n) is 17.3. The van der Waals surface area contributed by atoms with E-state index in [-0.39, 0.29) is 5.91 Å². The third-order valence-electron chi connectivity index (χ3n) is 9.75. The van der Waals surface area contributed by atoms with Crippen LogP contribution in [0, 0.1) is 12.8 Å². The summed E-state index contributed by atoms with van der Waals surface area (Å²) in [6.45, 7) is 24.2. The van der Waals surface area contributed by atoms with Crippen LogP contribution in [-0.2, 0) is 4.79 Å². The van der Waals surface area contributed by atoms with Gasteiger partial charge in [0.1, 0.15) is 19.0 Å². The number of nitrogens with zero attached hydrogens (tertiary/aromatic N) is 5. The standard InChI is InChI=1S/C37H57N7O2/c1-8-27(5)22-32(11-4)42-17-19-43(20-18-42)35(45)23-28(6)12-13-31(10-3)40-26-41-33-25-44(16-14-30(33)9-2)34-24-39-37-36(29(34)7)38-15-21-46-37/h9-10,12-13,24,27,32,38,40H,3,8,11,14-23,25-26H2,1-2,4-7H3/b28-12+,30-9-,31-13+,41-33-. The van der Waals surface area contributed by atoms with E-state index in [0.29, 0.717) is 31.6 Å². The number of piperazine rings is 1. The number of fused-ring (bicyclic) bond motifs is 1. The fraction of sp³-hybridized carbons (Fsp3) is 0.595. The summed E-state index contributed by atoms with van der Waals surface area (Å²) >= 11 is 0. The number of hydrogen-bond donors (Lipinski definition) is 2. The zero-order chi connectivity index (χ0) is 33.1. The van der Waals surface area contributed by atoms with Gasteiger partial charge in [0.05, 0.1) is 24.1 Å². The Bertz CT molecular complexity index is 1320. The van der Waals surface area contributed by atoms with Gasteiger partial charge in [0.15, 0.2) is 0 Å². The molecule has 2 atom stereocenters. The third kappa shape index (κ3) is 9.24. The van der Waals surface area contributed by atoms with E-state index in [0.717, 1.165) is 92.1 Å². The number of aliphatic imine (C=N–C) groups is 1. The molecule has 46 heavy (non-hydrogen) atoms. The van der Waals surface area contributed by atoms with Crippen molar-refractivity contribution in [1.82, 2.24) is 20.1 Å². The summed E-state index contributed by atoms with van der Waals surface area (Å²) in [6.07, 6.45) is 14.9. The molecule has 2 unspecified atom stereocenters. The molecule has 0 saturated carbocycles. The fourth-order valence-electron chi connectivity index (χ4n) is 6.57. The van der Waals surface area contributed by atoms with Gasteiger partial charge < -0.3 is 25.2 Å². The topological polar surface area (TPSA) is 85.3 Å². The molecule has 4 rings (SSSR count). The zero-order valence-electron chi connectivity index (χ0n) is 29.2. The minimum Gasteiger partial charge on any atom is -0.474 e. The summed E-state index contributed by atoms with van der Waals surface area (Å²) in [6, 6.07) is 0.624. The molecule has 3 aliphatic heterocycles. The van der Waals surface area contributed by atoms with E-state index in [9.17, 15) is 4.79 Å². The number of hydrogen-bond acceptors (Lipinski definition) is 8. The highest BCUT2D eigenvalue weighted by molar-refractivity contribution is 6.04. The molecular weight excluding hydrogens is 574 g/mol. The van der Waals surface area contributed by atoms with E-state index in [1.807, 2.05) is 30.2 Å². The Labute approximate surface area is 277 Å². The van der Waals surface area contributed by atoms with Crippen LogP contribution in [0.4, 0.5) is 11.4 Å². The van der Waals surface area contributed by atoms with Crippen LogP contribution in [0.3, 0.4) is 0 Å². The normalized spacial score (nSPS) is 21.0. The number of allylic oxidation sites excluding steroid dienone is 4. The Morgan fingerprint density at radius 3 is 2.67 bits per heavy atom. The van der Waals surface area contributed by atoms with Crippen molar-refractivity contribution >= 4 is 23.0 Å². The molecule has 3 aliphatic rings. The Morgan fingerprint density at radius 2 is 1.98 bits per heavy atom. The summed E-state index contributed by atoms with van der Waals surface area (Å²) in [5.41, 5.74) is 7.54. The molecule has 0 bridgehead atoms. The smallest absolute Gasteiger partial charge is 0.237 e. The molecule has 0 spiro atoms. The SMILES string of the molecule is C=C/C(=C\C=C(/C)CC(=O)N1CCN(C(CC)CC(C)CC)CC1)NC/N=C1/CN(c2cnc3c(c2C)NCCO3)CC/C1=C/C. The second-order valence-corrected chi connectivity index (χ2v) is 12.9. The van der Waals surface area contributed by atoms with Gasteiger partial charge in [0.2, 0.25) is 11.8 Å². The maximum absolute atomic E-state index is 13.1.